The Balaban J connectivity index is 2.45. The standard InChI is InChI=1S/C13H16N2O4/c1-9(17)10-4-5-12(13(7-10)15(18)19)14-6-2-3-11(14)8-16/h4-5,7,11,16H,2-3,6,8H2,1H3/t11-/m1/s1. The van der Waals surface area contributed by atoms with Gasteiger partial charge in [-0.15, -0.1) is 0 Å². The van der Waals surface area contributed by atoms with Crippen molar-refractivity contribution < 1.29 is 14.8 Å². The van der Waals surface area contributed by atoms with E-state index in [0.717, 1.165) is 12.8 Å². The molecule has 102 valence electrons. The zero-order valence-corrected chi connectivity index (χ0v) is 10.7. The van der Waals surface area contributed by atoms with Crippen molar-refractivity contribution >= 4 is 17.2 Å². The molecule has 1 aliphatic rings. The highest BCUT2D eigenvalue weighted by Crippen LogP contribution is 2.34. The van der Waals surface area contributed by atoms with Crippen molar-refractivity contribution in [3.8, 4) is 0 Å². The van der Waals surface area contributed by atoms with E-state index in [4.69, 9.17) is 0 Å². The van der Waals surface area contributed by atoms with Gasteiger partial charge >= 0.3 is 0 Å². The van der Waals surface area contributed by atoms with Crippen molar-refractivity contribution in [1.82, 2.24) is 0 Å². The lowest BCUT2D eigenvalue weighted by molar-refractivity contribution is -0.384. The van der Waals surface area contributed by atoms with Crippen molar-refractivity contribution in [2.24, 2.45) is 0 Å². The molecule has 1 aromatic rings. The first-order valence-electron chi connectivity index (χ1n) is 6.21. The molecule has 0 unspecified atom stereocenters. The van der Waals surface area contributed by atoms with E-state index in [1.165, 1.54) is 13.0 Å². The van der Waals surface area contributed by atoms with Gasteiger partial charge in [-0.3, -0.25) is 14.9 Å². The monoisotopic (exact) mass is 264 g/mol. The topological polar surface area (TPSA) is 83.7 Å². The first-order valence-corrected chi connectivity index (χ1v) is 6.21. The molecule has 1 atom stereocenters. The molecule has 1 aromatic carbocycles. The number of hydrogen-bond acceptors (Lipinski definition) is 5. The molecule has 0 bridgehead atoms. The smallest absolute Gasteiger partial charge is 0.293 e. The summed E-state index contributed by atoms with van der Waals surface area (Å²) in [5, 5.41) is 20.5. The molecule has 0 aliphatic carbocycles. The normalized spacial score (nSPS) is 18.6. The Labute approximate surface area is 110 Å². The predicted octanol–water partition coefficient (Wildman–Crippen LogP) is 1.76. The number of carbonyl (C=O) groups is 1. The Hall–Kier alpha value is -1.95. The van der Waals surface area contributed by atoms with Gasteiger partial charge < -0.3 is 10.0 Å². The molecule has 6 heteroatoms. The molecule has 1 N–H and O–H groups in total. The summed E-state index contributed by atoms with van der Waals surface area (Å²) in [4.78, 5) is 23.8. The van der Waals surface area contributed by atoms with Crippen LogP contribution >= 0.6 is 0 Å². The van der Waals surface area contributed by atoms with E-state index in [1.807, 2.05) is 4.90 Å². The summed E-state index contributed by atoms with van der Waals surface area (Å²) in [7, 11) is 0. The number of nitro benzene ring substituents is 1. The van der Waals surface area contributed by atoms with E-state index < -0.39 is 4.92 Å². The molecule has 19 heavy (non-hydrogen) atoms. The Bertz CT molecular complexity index is 515. The van der Waals surface area contributed by atoms with Crippen molar-refractivity contribution in [3.05, 3.63) is 33.9 Å². The van der Waals surface area contributed by atoms with Crippen LogP contribution in [0.15, 0.2) is 18.2 Å². The van der Waals surface area contributed by atoms with E-state index >= 15 is 0 Å². The average molecular weight is 264 g/mol. The maximum atomic E-state index is 11.3. The van der Waals surface area contributed by atoms with Gasteiger partial charge in [-0.25, -0.2) is 0 Å². The van der Waals surface area contributed by atoms with E-state index in [9.17, 15) is 20.0 Å². The van der Waals surface area contributed by atoms with Crippen molar-refractivity contribution in [2.45, 2.75) is 25.8 Å². The summed E-state index contributed by atoms with van der Waals surface area (Å²) in [6, 6.07) is 4.42. The number of anilines is 1. The number of aliphatic hydroxyl groups excluding tert-OH is 1. The minimum atomic E-state index is -0.478. The molecule has 0 saturated carbocycles. The Morgan fingerprint density at radius 3 is 2.89 bits per heavy atom. The molecule has 1 fully saturated rings. The second-order valence-electron chi connectivity index (χ2n) is 4.69. The number of hydrogen-bond donors (Lipinski definition) is 1. The molecule has 1 saturated heterocycles. The Morgan fingerprint density at radius 1 is 1.58 bits per heavy atom. The zero-order chi connectivity index (χ0) is 14.0. The van der Waals surface area contributed by atoms with E-state index in [2.05, 4.69) is 0 Å². The van der Waals surface area contributed by atoms with Crippen LogP contribution < -0.4 is 4.90 Å². The lowest BCUT2D eigenvalue weighted by atomic mass is 10.1. The van der Waals surface area contributed by atoms with Gasteiger partial charge in [-0.1, -0.05) is 0 Å². The zero-order valence-electron chi connectivity index (χ0n) is 10.7. The maximum absolute atomic E-state index is 11.3. The molecular weight excluding hydrogens is 248 g/mol. The van der Waals surface area contributed by atoms with Crippen LogP contribution in [0.1, 0.15) is 30.1 Å². The second-order valence-corrected chi connectivity index (χ2v) is 4.69. The molecule has 1 heterocycles. The lowest BCUT2D eigenvalue weighted by Crippen LogP contribution is -2.32. The number of nitro groups is 1. The van der Waals surface area contributed by atoms with Crippen LogP contribution in [0.2, 0.25) is 0 Å². The summed E-state index contributed by atoms with van der Waals surface area (Å²) in [5.41, 5.74) is 0.731. The van der Waals surface area contributed by atoms with E-state index in [1.54, 1.807) is 12.1 Å². The lowest BCUT2D eigenvalue weighted by Gasteiger charge is -2.25. The highest BCUT2D eigenvalue weighted by Gasteiger charge is 2.29. The molecule has 0 aromatic heterocycles. The van der Waals surface area contributed by atoms with Crippen molar-refractivity contribution in [2.75, 3.05) is 18.1 Å². The van der Waals surface area contributed by atoms with Crippen LogP contribution in [0, 0.1) is 10.1 Å². The van der Waals surface area contributed by atoms with Crippen LogP contribution in [-0.4, -0.2) is 35.0 Å². The van der Waals surface area contributed by atoms with Gasteiger partial charge in [0.25, 0.3) is 5.69 Å². The van der Waals surface area contributed by atoms with E-state index in [-0.39, 0.29) is 24.1 Å². The molecule has 0 radical (unpaired) electrons. The molecule has 0 spiro atoms. The third-order valence-corrected chi connectivity index (χ3v) is 3.48. The first-order chi connectivity index (χ1) is 9.04. The summed E-state index contributed by atoms with van der Waals surface area (Å²) >= 11 is 0. The number of carbonyl (C=O) groups excluding carboxylic acids is 1. The maximum Gasteiger partial charge on any atom is 0.293 e. The molecule has 1 aliphatic heterocycles. The summed E-state index contributed by atoms with van der Waals surface area (Å²) < 4.78 is 0. The first kappa shape index (κ1) is 13.5. The van der Waals surface area contributed by atoms with Gasteiger partial charge in [0.05, 0.1) is 17.6 Å². The van der Waals surface area contributed by atoms with Crippen LogP contribution in [0.4, 0.5) is 11.4 Å². The predicted molar refractivity (Wildman–Crippen MR) is 70.6 cm³/mol. The number of benzene rings is 1. The van der Waals surface area contributed by atoms with E-state index in [0.29, 0.717) is 17.8 Å². The van der Waals surface area contributed by atoms with Crippen LogP contribution in [0.25, 0.3) is 0 Å². The fourth-order valence-electron chi connectivity index (χ4n) is 2.47. The van der Waals surface area contributed by atoms with Gasteiger partial charge in [0.15, 0.2) is 5.78 Å². The highest BCUT2D eigenvalue weighted by atomic mass is 16.6. The minimum Gasteiger partial charge on any atom is -0.394 e. The fraction of sp³-hybridized carbons (Fsp3) is 0.462. The van der Waals surface area contributed by atoms with Crippen LogP contribution in [0.3, 0.4) is 0 Å². The Morgan fingerprint density at radius 2 is 2.32 bits per heavy atom. The summed E-state index contributed by atoms with van der Waals surface area (Å²) in [6.45, 7) is 2.04. The Kier molecular flexibility index (Phi) is 3.80. The second kappa shape index (κ2) is 5.36. The van der Waals surface area contributed by atoms with Crippen LogP contribution in [-0.2, 0) is 0 Å². The van der Waals surface area contributed by atoms with Crippen LogP contribution in [0.5, 0.6) is 0 Å². The molecule has 2 rings (SSSR count). The number of rotatable bonds is 4. The largest absolute Gasteiger partial charge is 0.394 e. The number of ketones is 1. The molecular formula is C13H16N2O4. The van der Waals surface area contributed by atoms with Gasteiger partial charge in [0, 0.05) is 18.2 Å². The van der Waals surface area contributed by atoms with Gasteiger partial charge in [0.1, 0.15) is 5.69 Å². The molecule has 0 amide bonds. The summed E-state index contributed by atoms with van der Waals surface area (Å²) in [5.74, 6) is -0.199. The minimum absolute atomic E-state index is 0.0222. The highest BCUT2D eigenvalue weighted by molar-refractivity contribution is 5.95. The van der Waals surface area contributed by atoms with Gasteiger partial charge in [-0.05, 0) is 31.9 Å². The number of aliphatic hydroxyl groups is 1. The number of nitrogens with zero attached hydrogens (tertiary/aromatic N) is 2. The quantitative estimate of drug-likeness (QED) is 0.509. The molecule has 6 nitrogen and oxygen atoms in total. The SMILES string of the molecule is CC(=O)c1ccc(N2CCC[C@@H]2CO)c([N+](=O)[O-])c1. The van der Waals surface area contributed by atoms with Gasteiger partial charge in [-0.2, -0.15) is 0 Å². The number of Topliss-reactive ketones (excluding diaryl/α,β-unsaturated/α-hetero) is 1. The summed E-state index contributed by atoms with van der Waals surface area (Å²) in [6.07, 6.45) is 1.72. The van der Waals surface area contributed by atoms with Crippen molar-refractivity contribution in [1.29, 1.82) is 0 Å². The fourth-order valence-corrected chi connectivity index (χ4v) is 2.47. The third-order valence-electron chi connectivity index (χ3n) is 3.48. The third kappa shape index (κ3) is 2.58. The average Bonchev–Trinajstić information content (AvgIpc) is 2.85. The van der Waals surface area contributed by atoms with Crippen molar-refractivity contribution in [3.63, 3.8) is 0 Å². The van der Waals surface area contributed by atoms with Gasteiger partial charge in [0.2, 0.25) is 0 Å².